The predicted octanol–water partition coefficient (Wildman–Crippen LogP) is 2.17. The van der Waals surface area contributed by atoms with Gasteiger partial charge in [-0.2, -0.15) is 0 Å². The van der Waals surface area contributed by atoms with Crippen LogP contribution >= 0.6 is 0 Å². The molecule has 116 valence electrons. The SMILES string of the molecule is Cc1cccc(CNC(=O)N(CCC(=O)O)C(C)(C)C)n1. The van der Waals surface area contributed by atoms with E-state index in [1.165, 1.54) is 4.90 Å². The van der Waals surface area contributed by atoms with Gasteiger partial charge in [-0.25, -0.2) is 4.79 Å². The van der Waals surface area contributed by atoms with Gasteiger partial charge in [0, 0.05) is 17.8 Å². The van der Waals surface area contributed by atoms with E-state index < -0.39 is 11.5 Å². The zero-order valence-electron chi connectivity index (χ0n) is 13.0. The molecule has 0 aliphatic carbocycles. The van der Waals surface area contributed by atoms with Gasteiger partial charge < -0.3 is 15.3 Å². The Balaban J connectivity index is 2.66. The first kappa shape index (κ1) is 16.9. The topological polar surface area (TPSA) is 82.5 Å². The fraction of sp³-hybridized carbons (Fsp3) is 0.533. The van der Waals surface area contributed by atoms with E-state index in [0.29, 0.717) is 6.54 Å². The molecular formula is C15H23N3O3. The molecule has 21 heavy (non-hydrogen) atoms. The fourth-order valence-corrected chi connectivity index (χ4v) is 1.91. The number of aromatic nitrogens is 1. The quantitative estimate of drug-likeness (QED) is 0.871. The molecule has 0 aliphatic rings. The summed E-state index contributed by atoms with van der Waals surface area (Å²) in [5.74, 6) is -0.919. The Morgan fingerprint density at radius 3 is 2.52 bits per heavy atom. The molecule has 6 heteroatoms. The Hall–Kier alpha value is -2.11. The molecule has 1 aromatic rings. The van der Waals surface area contributed by atoms with Gasteiger partial charge in [-0.05, 0) is 39.8 Å². The van der Waals surface area contributed by atoms with E-state index in [1.807, 2.05) is 45.9 Å². The molecule has 0 radical (unpaired) electrons. The summed E-state index contributed by atoms with van der Waals surface area (Å²) < 4.78 is 0. The zero-order valence-corrected chi connectivity index (χ0v) is 13.0. The molecule has 0 aromatic carbocycles. The summed E-state index contributed by atoms with van der Waals surface area (Å²) >= 11 is 0. The second kappa shape index (κ2) is 7.06. The largest absolute Gasteiger partial charge is 0.481 e. The number of rotatable bonds is 5. The Kier molecular flexibility index (Phi) is 5.69. The number of carbonyl (C=O) groups is 2. The monoisotopic (exact) mass is 293 g/mol. The van der Waals surface area contributed by atoms with Crippen molar-refractivity contribution in [3.8, 4) is 0 Å². The van der Waals surface area contributed by atoms with Crippen molar-refractivity contribution in [1.29, 1.82) is 0 Å². The molecule has 6 nitrogen and oxygen atoms in total. The van der Waals surface area contributed by atoms with Gasteiger partial charge in [0.05, 0.1) is 18.7 Å². The lowest BCUT2D eigenvalue weighted by atomic mass is 10.1. The van der Waals surface area contributed by atoms with Crippen LogP contribution in [0.3, 0.4) is 0 Å². The van der Waals surface area contributed by atoms with E-state index in [-0.39, 0.29) is 19.0 Å². The standard InChI is InChI=1S/C15H23N3O3/c1-11-6-5-7-12(17-11)10-16-14(21)18(15(2,3)4)9-8-13(19)20/h5-7H,8-10H2,1-4H3,(H,16,21)(H,19,20). The van der Waals surface area contributed by atoms with Gasteiger partial charge in [-0.15, -0.1) is 0 Å². The zero-order chi connectivity index (χ0) is 16.0. The minimum Gasteiger partial charge on any atom is -0.481 e. The van der Waals surface area contributed by atoms with Crippen LogP contribution in [0, 0.1) is 6.92 Å². The number of aryl methyl sites for hydroxylation is 1. The van der Waals surface area contributed by atoms with Gasteiger partial charge in [-0.1, -0.05) is 6.07 Å². The molecule has 1 heterocycles. The highest BCUT2D eigenvalue weighted by Gasteiger charge is 2.26. The summed E-state index contributed by atoms with van der Waals surface area (Å²) in [4.78, 5) is 28.8. The van der Waals surface area contributed by atoms with Crippen molar-refractivity contribution in [3.05, 3.63) is 29.6 Å². The number of hydrogen-bond donors (Lipinski definition) is 2. The maximum Gasteiger partial charge on any atom is 0.318 e. The average Bonchev–Trinajstić information content (AvgIpc) is 2.34. The maximum absolute atomic E-state index is 12.3. The number of carbonyl (C=O) groups excluding carboxylic acids is 1. The lowest BCUT2D eigenvalue weighted by Crippen LogP contribution is -2.51. The molecule has 0 saturated heterocycles. The smallest absolute Gasteiger partial charge is 0.318 e. The minimum absolute atomic E-state index is 0.0760. The number of carboxylic acid groups (broad SMARTS) is 1. The van der Waals surface area contributed by atoms with Crippen LogP contribution in [0.2, 0.25) is 0 Å². The van der Waals surface area contributed by atoms with E-state index in [1.54, 1.807) is 0 Å². The molecule has 0 fully saturated rings. The molecule has 2 N–H and O–H groups in total. The Bertz CT molecular complexity index is 509. The van der Waals surface area contributed by atoms with Crippen molar-refractivity contribution in [1.82, 2.24) is 15.2 Å². The first-order chi connectivity index (χ1) is 9.70. The lowest BCUT2D eigenvalue weighted by molar-refractivity contribution is -0.137. The summed E-state index contributed by atoms with van der Waals surface area (Å²) in [6.07, 6.45) is -0.0760. The molecule has 0 unspecified atom stereocenters. The van der Waals surface area contributed by atoms with Gasteiger partial charge in [-0.3, -0.25) is 9.78 Å². The summed E-state index contributed by atoms with van der Waals surface area (Å²) in [6, 6.07) is 5.33. The van der Waals surface area contributed by atoms with Crippen molar-refractivity contribution in [2.45, 2.75) is 46.2 Å². The number of pyridine rings is 1. The Morgan fingerprint density at radius 2 is 2.00 bits per heavy atom. The normalized spacial score (nSPS) is 11.0. The summed E-state index contributed by atoms with van der Waals surface area (Å²) in [6.45, 7) is 8.00. The van der Waals surface area contributed by atoms with Crippen LogP contribution in [0.15, 0.2) is 18.2 Å². The number of carboxylic acids is 1. The fourth-order valence-electron chi connectivity index (χ4n) is 1.91. The first-order valence-corrected chi connectivity index (χ1v) is 6.90. The molecule has 0 atom stereocenters. The molecule has 0 saturated carbocycles. The number of nitrogens with one attached hydrogen (secondary N) is 1. The van der Waals surface area contributed by atoms with Crippen LogP contribution in [0.1, 0.15) is 38.6 Å². The van der Waals surface area contributed by atoms with Crippen LogP contribution < -0.4 is 5.32 Å². The number of aliphatic carboxylic acids is 1. The molecule has 2 amide bonds. The molecule has 0 spiro atoms. The van der Waals surface area contributed by atoms with Crippen molar-refractivity contribution in [2.75, 3.05) is 6.54 Å². The minimum atomic E-state index is -0.919. The first-order valence-electron chi connectivity index (χ1n) is 6.90. The van der Waals surface area contributed by atoms with Gasteiger partial charge in [0.15, 0.2) is 0 Å². The third kappa shape index (κ3) is 5.81. The van der Waals surface area contributed by atoms with Gasteiger partial charge in [0.1, 0.15) is 0 Å². The highest BCUT2D eigenvalue weighted by atomic mass is 16.4. The summed E-state index contributed by atoms with van der Waals surface area (Å²) in [5.41, 5.74) is 1.22. The third-order valence-corrected chi connectivity index (χ3v) is 2.97. The average molecular weight is 293 g/mol. The van der Waals surface area contributed by atoms with Crippen LogP contribution in [-0.2, 0) is 11.3 Å². The van der Waals surface area contributed by atoms with E-state index in [0.717, 1.165) is 11.4 Å². The summed E-state index contributed by atoms with van der Waals surface area (Å²) in [7, 11) is 0. The molecule has 1 aromatic heterocycles. The van der Waals surface area contributed by atoms with Gasteiger partial charge in [0.2, 0.25) is 0 Å². The van der Waals surface area contributed by atoms with Crippen molar-refractivity contribution in [2.24, 2.45) is 0 Å². The maximum atomic E-state index is 12.3. The number of nitrogens with zero attached hydrogens (tertiary/aromatic N) is 2. The number of amides is 2. The predicted molar refractivity (Wildman–Crippen MR) is 79.9 cm³/mol. The number of hydrogen-bond acceptors (Lipinski definition) is 3. The second-order valence-electron chi connectivity index (χ2n) is 5.90. The van der Waals surface area contributed by atoms with Crippen LogP contribution in [0.25, 0.3) is 0 Å². The van der Waals surface area contributed by atoms with E-state index in [2.05, 4.69) is 10.3 Å². The highest BCUT2D eigenvalue weighted by Crippen LogP contribution is 2.14. The Morgan fingerprint density at radius 1 is 1.33 bits per heavy atom. The van der Waals surface area contributed by atoms with Crippen LogP contribution in [-0.4, -0.2) is 39.1 Å². The summed E-state index contributed by atoms with van der Waals surface area (Å²) in [5, 5.41) is 11.6. The van der Waals surface area contributed by atoms with E-state index in [4.69, 9.17) is 5.11 Å². The van der Waals surface area contributed by atoms with Crippen molar-refractivity contribution < 1.29 is 14.7 Å². The molecule has 0 bridgehead atoms. The number of urea groups is 1. The molecule has 0 aliphatic heterocycles. The lowest BCUT2D eigenvalue weighted by Gasteiger charge is -2.35. The van der Waals surface area contributed by atoms with Crippen LogP contribution in [0.4, 0.5) is 4.79 Å². The second-order valence-corrected chi connectivity index (χ2v) is 5.90. The molecule has 1 rings (SSSR count). The highest BCUT2D eigenvalue weighted by molar-refractivity contribution is 5.76. The van der Waals surface area contributed by atoms with Gasteiger partial charge in [0.25, 0.3) is 0 Å². The molecular weight excluding hydrogens is 270 g/mol. The Labute approximate surface area is 125 Å². The van der Waals surface area contributed by atoms with Gasteiger partial charge >= 0.3 is 12.0 Å². The van der Waals surface area contributed by atoms with E-state index >= 15 is 0 Å². The van der Waals surface area contributed by atoms with Crippen molar-refractivity contribution >= 4 is 12.0 Å². The van der Waals surface area contributed by atoms with E-state index in [9.17, 15) is 9.59 Å². The third-order valence-electron chi connectivity index (χ3n) is 2.97. The van der Waals surface area contributed by atoms with Crippen molar-refractivity contribution in [3.63, 3.8) is 0 Å². The van der Waals surface area contributed by atoms with Crippen LogP contribution in [0.5, 0.6) is 0 Å².